The van der Waals surface area contributed by atoms with Gasteiger partial charge in [0.1, 0.15) is 5.92 Å². The number of nitrogens with zero attached hydrogens (tertiary/aromatic N) is 1. The van der Waals surface area contributed by atoms with Gasteiger partial charge in [-0.2, -0.15) is 26.3 Å². The Kier molecular flexibility index (Phi) is 6.41. The molecule has 1 fully saturated rings. The maximum Gasteiger partial charge on any atom is 0.416 e. The lowest BCUT2D eigenvalue weighted by Gasteiger charge is -2.26. The number of Topliss-reactive ketones (excluding diaryl/α,β-unsaturated/α-hetero) is 3. The summed E-state index contributed by atoms with van der Waals surface area (Å²) >= 11 is 0. The zero-order chi connectivity index (χ0) is 24.7. The number of ketones is 3. The van der Waals surface area contributed by atoms with Crippen LogP contribution in [-0.4, -0.2) is 31.4 Å². The fourth-order valence-corrected chi connectivity index (χ4v) is 3.81. The van der Waals surface area contributed by atoms with E-state index in [1.165, 1.54) is 0 Å². The molecule has 0 bridgehead atoms. The van der Waals surface area contributed by atoms with Crippen molar-refractivity contribution in [2.24, 2.45) is 5.92 Å². The number of halogens is 6. The Morgan fingerprint density at radius 2 is 1.27 bits per heavy atom. The predicted molar refractivity (Wildman–Crippen MR) is 107 cm³/mol. The summed E-state index contributed by atoms with van der Waals surface area (Å²) < 4.78 is 78.6. The predicted octanol–water partition coefficient (Wildman–Crippen LogP) is 5.30. The molecular formula is C23H19F6NO3. The number of hydrogen-bond acceptors (Lipinski definition) is 4. The lowest BCUT2D eigenvalue weighted by Crippen LogP contribution is -2.38. The van der Waals surface area contributed by atoms with E-state index in [9.17, 15) is 40.7 Å². The van der Waals surface area contributed by atoms with Crippen LogP contribution in [0.4, 0.5) is 32.0 Å². The number of carbonyl (C=O) groups is 3. The van der Waals surface area contributed by atoms with Crippen molar-refractivity contribution in [3.05, 3.63) is 64.7 Å². The minimum absolute atomic E-state index is 0.116. The van der Waals surface area contributed by atoms with Gasteiger partial charge in [-0.3, -0.25) is 14.4 Å². The summed E-state index contributed by atoms with van der Waals surface area (Å²) in [6, 6.07) is 7.38. The van der Waals surface area contributed by atoms with E-state index < -0.39 is 58.2 Å². The molecule has 10 heteroatoms. The van der Waals surface area contributed by atoms with Crippen LogP contribution in [-0.2, 0) is 21.9 Å². The standard InChI is InChI=1S/C23H19F6NO3/c1-30(2)17-5-3-12(4-6-17)13-9-18(31)20(19(32)10-13)21(33)14-7-15(22(24,25)26)11-16(8-14)23(27,28)29/h3-8,11,13,20H,9-10H2,1-2H3. The van der Waals surface area contributed by atoms with Crippen molar-refractivity contribution in [2.75, 3.05) is 19.0 Å². The van der Waals surface area contributed by atoms with Crippen molar-refractivity contribution < 1.29 is 40.7 Å². The van der Waals surface area contributed by atoms with E-state index in [2.05, 4.69) is 0 Å². The van der Waals surface area contributed by atoms with E-state index in [4.69, 9.17) is 0 Å². The minimum Gasteiger partial charge on any atom is -0.378 e. The molecule has 0 atom stereocenters. The molecule has 0 aliphatic heterocycles. The Bertz CT molecular complexity index is 1040. The van der Waals surface area contributed by atoms with Gasteiger partial charge in [0.15, 0.2) is 17.3 Å². The van der Waals surface area contributed by atoms with Crippen LogP contribution >= 0.6 is 0 Å². The normalized spacial score (nSPS) is 19.5. The van der Waals surface area contributed by atoms with Crippen molar-refractivity contribution >= 4 is 23.0 Å². The molecule has 0 unspecified atom stereocenters. The number of anilines is 1. The maximum atomic E-state index is 13.1. The zero-order valence-electron chi connectivity index (χ0n) is 17.6. The Labute approximate surface area is 185 Å². The first-order valence-corrected chi connectivity index (χ1v) is 9.85. The molecular weight excluding hydrogens is 452 g/mol. The summed E-state index contributed by atoms with van der Waals surface area (Å²) in [6.45, 7) is 0. The van der Waals surface area contributed by atoms with Gasteiger partial charge in [-0.1, -0.05) is 12.1 Å². The Hall–Kier alpha value is -3.17. The van der Waals surface area contributed by atoms with Crippen molar-refractivity contribution in [2.45, 2.75) is 31.1 Å². The second-order valence-corrected chi connectivity index (χ2v) is 8.12. The van der Waals surface area contributed by atoms with Crippen molar-refractivity contribution in [3.63, 3.8) is 0 Å². The summed E-state index contributed by atoms with van der Waals surface area (Å²) in [4.78, 5) is 39.9. The minimum atomic E-state index is -5.15. The van der Waals surface area contributed by atoms with E-state index in [1.807, 2.05) is 19.0 Å². The van der Waals surface area contributed by atoms with Gasteiger partial charge >= 0.3 is 12.4 Å². The van der Waals surface area contributed by atoms with Crippen LogP contribution in [0, 0.1) is 5.92 Å². The molecule has 33 heavy (non-hydrogen) atoms. The highest BCUT2D eigenvalue weighted by atomic mass is 19.4. The van der Waals surface area contributed by atoms with Gasteiger partial charge < -0.3 is 4.90 Å². The van der Waals surface area contributed by atoms with Gasteiger partial charge in [0.2, 0.25) is 0 Å². The molecule has 3 rings (SSSR count). The highest BCUT2D eigenvalue weighted by Crippen LogP contribution is 2.38. The van der Waals surface area contributed by atoms with Crippen LogP contribution in [0.2, 0.25) is 0 Å². The van der Waals surface area contributed by atoms with Gasteiger partial charge in [-0.25, -0.2) is 0 Å². The van der Waals surface area contributed by atoms with Crippen molar-refractivity contribution in [1.29, 1.82) is 0 Å². The van der Waals surface area contributed by atoms with Gasteiger partial charge in [-0.05, 0) is 41.8 Å². The Morgan fingerprint density at radius 3 is 1.67 bits per heavy atom. The summed E-state index contributed by atoms with van der Waals surface area (Å²) in [5.41, 5.74) is -2.79. The van der Waals surface area contributed by atoms with E-state index in [0.717, 1.165) is 5.69 Å². The van der Waals surface area contributed by atoms with E-state index in [0.29, 0.717) is 5.56 Å². The average Bonchev–Trinajstić information content (AvgIpc) is 2.71. The van der Waals surface area contributed by atoms with Crippen LogP contribution in [0.3, 0.4) is 0 Å². The van der Waals surface area contributed by atoms with Crippen LogP contribution in [0.15, 0.2) is 42.5 Å². The maximum absolute atomic E-state index is 13.1. The monoisotopic (exact) mass is 471 g/mol. The molecule has 0 amide bonds. The lowest BCUT2D eigenvalue weighted by molar-refractivity contribution is -0.143. The van der Waals surface area contributed by atoms with Crippen molar-refractivity contribution in [1.82, 2.24) is 0 Å². The molecule has 0 saturated heterocycles. The highest BCUT2D eigenvalue weighted by molar-refractivity contribution is 6.25. The quantitative estimate of drug-likeness (QED) is 0.345. The number of alkyl halides is 6. The molecule has 0 aromatic heterocycles. The first kappa shape index (κ1) is 24.5. The fraction of sp³-hybridized carbons (Fsp3) is 0.348. The molecule has 2 aromatic rings. The molecule has 0 N–H and O–H groups in total. The van der Waals surface area contributed by atoms with Crippen LogP contribution in [0.5, 0.6) is 0 Å². The van der Waals surface area contributed by atoms with Crippen LogP contribution < -0.4 is 4.90 Å². The SMILES string of the molecule is CN(C)c1ccc(C2CC(=O)C(C(=O)c3cc(C(F)(F)F)cc(C(F)(F)F)c3)C(=O)C2)cc1. The van der Waals surface area contributed by atoms with Gasteiger partial charge in [-0.15, -0.1) is 0 Å². The van der Waals surface area contributed by atoms with Gasteiger partial charge in [0.05, 0.1) is 11.1 Å². The molecule has 1 aliphatic carbocycles. The Morgan fingerprint density at radius 1 is 0.818 bits per heavy atom. The van der Waals surface area contributed by atoms with Gasteiger partial charge in [0.25, 0.3) is 0 Å². The molecule has 176 valence electrons. The second kappa shape index (κ2) is 8.64. The zero-order valence-corrected chi connectivity index (χ0v) is 17.6. The Balaban J connectivity index is 1.89. The third kappa shape index (κ3) is 5.26. The average molecular weight is 471 g/mol. The van der Waals surface area contributed by atoms with Crippen molar-refractivity contribution in [3.8, 4) is 0 Å². The highest BCUT2D eigenvalue weighted by Gasteiger charge is 2.43. The van der Waals surface area contributed by atoms with Crippen LogP contribution in [0.25, 0.3) is 0 Å². The number of hydrogen-bond donors (Lipinski definition) is 0. The molecule has 2 aromatic carbocycles. The molecule has 1 saturated carbocycles. The second-order valence-electron chi connectivity index (χ2n) is 8.12. The third-order valence-corrected chi connectivity index (χ3v) is 5.55. The third-order valence-electron chi connectivity index (χ3n) is 5.55. The largest absolute Gasteiger partial charge is 0.416 e. The molecule has 4 nitrogen and oxygen atoms in total. The molecule has 1 aliphatic rings. The fourth-order valence-electron chi connectivity index (χ4n) is 3.81. The molecule has 0 radical (unpaired) electrons. The van der Waals surface area contributed by atoms with Gasteiger partial charge in [0, 0.05) is 38.2 Å². The summed E-state index contributed by atoms with van der Waals surface area (Å²) in [6.07, 6.45) is -10.8. The first-order chi connectivity index (χ1) is 15.2. The van der Waals surface area contributed by atoms with E-state index in [1.54, 1.807) is 24.3 Å². The summed E-state index contributed by atoms with van der Waals surface area (Å²) in [5.74, 6) is -5.47. The summed E-state index contributed by atoms with van der Waals surface area (Å²) in [7, 11) is 3.66. The topological polar surface area (TPSA) is 54.5 Å². The number of rotatable bonds is 4. The summed E-state index contributed by atoms with van der Waals surface area (Å²) in [5, 5.41) is 0. The van der Waals surface area contributed by atoms with E-state index in [-0.39, 0.29) is 31.0 Å². The van der Waals surface area contributed by atoms with E-state index >= 15 is 0 Å². The van der Waals surface area contributed by atoms with Crippen LogP contribution in [0.1, 0.15) is 45.8 Å². The first-order valence-electron chi connectivity index (χ1n) is 9.85. The number of carbonyl (C=O) groups excluding carboxylic acids is 3. The number of benzene rings is 2. The lowest BCUT2D eigenvalue weighted by atomic mass is 9.74. The molecule has 0 heterocycles. The molecule has 0 spiro atoms. The smallest absolute Gasteiger partial charge is 0.378 e.